The molecule has 0 radical (unpaired) electrons. The predicted octanol–water partition coefficient (Wildman–Crippen LogP) is 4.30. The number of anilines is 1. The maximum Gasteiger partial charge on any atom is 0.338 e. The van der Waals surface area contributed by atoms with E-state index in [1.54, 1.807) is 42.2 Å². The van der Waals surface area contributed by atoms with E-state index >= 15 is 0 Å². The maximum atomic E-state index is 13.1. The summed E-state index contributed by atoms with van der Waals surface area (Å²) in [5.74, 6) is -0.610. The largest absolute Gasteiger partial charge is 0.462 e. The number of rotatable bonds is 4. The minimum Gasteiger partial charge on any atom is -0.462 e. The first-order valence-corrected chi connectivity index (χ1v) is 9.30. The van der Waals surface area contributed by atoms with Crippen molar-refractivity contribution in [3.05, 3.63) is 81.6 Å². The molecule has 0 aliphatic carbocycles. The van der Waals surface area contributed by atoms with Gasteiger partial charge in [0.25, 0.3) is 5.91 Å². The number of nitrogens with zero attached hydrogens (tertiary/aromatic N) is 2. The number of benzene rings is 2. The highest BCUT2D eigenvalue weighted by Crippen LogP contribution is 2.44. The Morgan fingerprint density at radius 2 is 1.93 bits per heavy atom. The van der Waals surface area contributed by atoms with Crippen LogP contribution in [0.1, 0.15) is 50.6 Å². The van der Waals surface area contributed by atoms with Gasteiger partial charge in [-0.2, -0.15) is 5.10 Å². The first-order chi connectivity index (χ1) is 13.5. The summed E-state index contributed by atoms with van der Waals surface area (Å²) in [4.78, 5) is 26.7. The number of halogens is 1. The number of hydrogen-bond donors (Lipinski definition) is 1. The lowest BCUT2D eigenvalue weighted by Crippen LogP contribution is -2.29. The topological polar surface area (TPSA) is 75.3 Å². The highest BCUT2D eigenvalue weighted by molar-refractivity contribution is 6.31. The molecule has 0 fully saturated rings. The number of nitrogens with one attached hydrogen (secondary N) is 1. The molecule has 1 aliphatic heterocycles. The number of amides is 1. The first kappa shape index (κ1) is 18.3. The van der Waals surface area contributed by atoms with E-state index in [1.165, 1.54) is 0 Å². The van der Waals surface area contributed by atoms with E-state index in [0.29, 0.717) is 28.6 Å². The third-order valence-corrected chi connectivity index (χ3v) is 5.15. The van der Waals surface area contributed by atoms with Gasteiger partial charge in [-0.25, -0.2) is 4.79 Å². The van der Waals surface area contributed by atoms with Crippen LogP contribution in [0, 0.1) is 6.92 Å². The molecule has 1 amide bonds. The molecule has 0 unspecified atom stereocenters. The molecule has 1 N–H and O–H groups in total. The average Bonchev–Trinajstić information content (AvgIpc) is 3.21. The second-order valence-corrected chi connectivity index (χ2v) is 6.88. The van der Waals surface area contributed by atoms with Gasteiger partial charge in [-0.3, -0.25) is 14.8 Å². The Morgan fingerprint density at radius 3 is 2.61 bits per heavy atom. The molecule has 7 heteroatoms. The van der Waals surface area contributed by atoms with Gasteiger partial charge in [-0.1, -0.05) is 29.8 Å². The standard InChI is InChI=1S/C21H18ClN3O3/c1-3-28-21(27)13-8-10-14(11-9-13)25-19(15-6-4-5-7-16(15)22)17-12(2)23-24-18(17)20(25)26/h4-11,19H,3H2,1-2H3,(H,23,24)/t19-/m0/s1. The van der Waals surface area contributed by atoms with Crippen molar-refractivity contribution in [1.82, 2.24) is 10.2 Å². The third kappa shape index (κ3) is 2.86. The Bertz CT molecular complexity index is 1060. The van der Waals surface area contributed by atoms with E-state index in [4.69, 9.17) is 16.3 Å². The molecule has 0 saturated carbocycles. The van der Waals surface area contributed by atoms with Crippen molar-refractivity contribution in [3.8, 4) is 0 Å². The van der Waals surface area contributed by atoms with Crippen LogP contribution in [0.4, 0.5) is 5.69 Å². The molecule has 4 rings (SSSR count). The predicted molar refractivity (Wildman–Crippen MR) is 106 cm³/mol. The fourth-order valence-electron chi connectivity index (χ4n) is 3.53. The van der Waals surface area contributed by atoms with Crippen molar-refractivity contribution in [1.29, 1.82) is 0 Å². The normalized spacial score (nSPS) is 15.6. The van der Waals surface area contributed by atoms with Crippen molar-refractivity contribution in [2.75, 3.05) is 11.5 Å². The minimum absolute atomic E-state index is 0.215. The van der Waals surface area contributed by atoms with E-state index in [1.807, 2.05) is 25.1 Å². The maximum absolute atomic E-state index is 13.1. The Labute approximate surface area is 167 Å². The number of carbonyl (C=O) groups excluding carboxylic acids is 2. The second-order valence-electron chi connectivity index (χ2n) is 6.48. The lowest BCUT2D eigenvalue weighted by atomic mass is 9.98. The number of aromatic amines is 1. The van der Waals surface area contributed by atoms with E-state index in [2.05, 4.69) is 10.2 Å². The number of hydrogen-bond acceptors (Lipinski definition) is 4. The fourth-order valence-corrected chi connectivity index (χ4v) is 3.77. The first-order valence-electron chi connectivity index (χ1n) is 8.93. The summed E-state index contributed by atoms with van der Waals surface area (Å²) < 4.78 is 5.02. The Kier molecular flexibility index (Phi) is 4.65. The lowest BCUT2D eigenvalue weighted by molar-refractivity contribution is 0.0526. The number of aromatic nitrogens is 2. The molecule has 6 nitrogen and oxygen atoms in total. The average molecular weight is 396 g/mol. The molecular formula is C21H18ClN3O3. The molecule has 1 aliphatic rings. The molecule has 0 spiro atoms. The van der Waals surface area contributed by atoms with Crippen molar-refractivity contribution in [3.63, 3.8) is 0 Å². The van der Waals surface area contributed by atoms with Crippen LogP contribution in [0.15, 0.2) is 48.5 Å². The van der Waals surface area contributed by atoms with Gasteiger partial charge in [0.2, 0.25) is 0 Å². The van der Waals surface area contributed by atoms with Gasteiger partial charge in [-0.15, -0.1) is 0 Å². The van der Waals surface area contributed by atoms with Gasteiger partial charge in [0.15, 0.2) is 5.69 Å². The summed E-state index contributed by atoms with van der Waals surface area (Å²) in [5.41, 5.74) is 3.92. The fraction of sp³-hybridized carbons (Fsp3) is 0.190. The number of esters is 1. The zero-order valence-electron chi connectivity index (χ0n) is 15.4. The SMILES string of the molecule is CCOC(=O)c1ccc(N2C(=O)c3n[nH]c(C)c3[C@@H]2c2ccccc2Cl)cc1. The Balaban J connectivity index is 1.80. The van der Waals surface area contributed by atoms with Crippen LogP contribution in [-0.4, -0.2) is 28.7 Å². The quantitative estimate of drug-likeness (QED) is 0.668. The lowest BCUT2D eigenvalue weighted by Gasteiger charge is -2.27. The third-order valence-electron chi connectivity index (χ3n) is 4.80. The summed E-state index contributed by atoms with van der Waals surface area (Å²) in [7, 11) is 0. The molecule has 1 aromatic heterocycles. The number of H-pyrrole nitrogens is 1. The summed E-state index contributed by atoms with van der Waals surface area (Å²) in [5, 5.41) is 7.66. The number of carbonyl (C=O) groups is 2. The van der Waals surface area contributed by atoms with Crippen LogP contribution >= 0.6 is 11.6 Å². The minimum atomic E-state index is -0.400. The van der Waals surface area contributed by atoms with E-state index in [0.717, 1.165) is 16.8 Å². The van der Waals surface area contributed by atoms with Gasteiger partial charge in [-0.05, 0) is 49.7 Å². The molecule has 0 saturated heterocycles. The number of ether oxygens (including phenoxy) is 1. The highest BCUT2D eigenvalue weighted by atomic mass is 35.5. The molecule has 2 heterocycles. The summed E-state index contributed by atoms with van der Waals surface area (Å²) >= 11 is 6.46. The van der Waals surface area contributed by atoms with Gasteiger partial charge < -0.3 is 4.74 Å². The molecule has 1 atom stereocenters. The van der Waals surface area contributed by atoms with Crippen LogP contribution in [0.5, 0.6) is 0 Å². The van der Waals surface area contributed by atoms with Gasteiger partial charge >= 0.3 is 5.97 Å². The molecule has 3 aromatic rings. The van der Waals surface area contributed by atoms with Gasteiger partial charge in [0, 0.05) is 22.0 Å². The van der Waals surface area contributed by atoms with Gasteiger partial charge in [0.1, 0.15) is 0 Å². The number of aryl methyl sites for hydroxylation is 1. The molecule has 2 aromatic carbocycles. The van der Waals surface area contributed by atoms with E-state index in [9.17, 15) is 9.59 Å². The van der Waals surface area contributed by atoms with Crippen LogP contribution in [-0.2, 0) is 4.74 Å². The van der Waals surface area contributed by atoms with Crippen LogP contribution in [0.2, 0.25) is 5.02 Å². The second kappa shape index (κ2) is 7.13. The Hall–Kier alpha value is -3.12. The zero-order valence-corrected chi connectivity index (χ0v) is 16.2. The molecule has 28 heavy (non-hydrogen) atoms. The summed E-state index contributed by atoms with van der Waals surface area (Å²) in [6.45, 7) is 3.95. The Morgan fingerprint density at radius 1 is 1.21 bits per heavy atom. The highest BCUT2D eigenvalue weighted by Gasteiger charge is 2.43. The van der Waals surface area contributed by atoms with Crippen LogP contribution in [0.25, 0.3) is 0 Å². The summed E-state index contributed by atoms with van der Waals surface area (Å²) in [6.07, 6.45) is 0. The monoisotopic (exact) mass is 395 g/mol. The number of fused-ring (bicyclic) bond motifs is 1. The van der Waals surface area contributed by atoms with Crippen molar-refractivity contribution in [2.45, 2.75) is 19.9 Å². The van der Waals surface area contributed by atoms with Crippen molar-refractivity contribution in [2.24, 2.45) is 0 Å². The van der Waals surface area contributed by atoms with Gasteiger partial charge in [0.05, 0.1) is 18.2 Å². The molecule has 142 valence electrons. The van der Waals surface area contributed by atoms with E-state index < -0.39 is 12.0 Å². The molecule has 0 bridgehead atoms. The molecular weight excluding hydrogens is 378 g/mol. The van der Waals surface area contributed by atoms with Crippen molar-refractivity contribution >= 4 is 29.2 Å². The van der Waals surface area contributed by atoms with Crippen LogP contribution < -0.4 is 4.90 Å². The smallest absolute Gasteiger partial charge is 0.338 e. The van der Waals surface area contributed by atoms with Crippen LogP contribution in [0.3, 0.4) is 0 Å². The van der Waals surface area contributed by atoms with Crippen molar-refractivity contribution < 1.29 is 14.3 Å². The van der Waals surface area contributed by atoms with E-state index in [-0.39, 0.29) is 5.91 Å². The zero-order chi connectivity index (χ0) is 19.8. The summed E-state index contributed by atoms with van der Waals surface area (Å²) in [6, 6.07) is 13.8.